The Balaban J connectivity index is 2.39. The maximum absolute atomic E-state index is 11.1. The molecule has 0 radical (unpaired) electrons. The van der Waals surface area contributed by atoms with E-state index >= 15 is 0 Å². The molecule has 0 bridgehead atoms. The molecule has 0 saturated carbocycles. The molecule has 0 aromatic carbocycles. The molecule has 1 aromatic heterocycles. The maximum atomic E-state index is 11.1. The molecule has 0 aliphatic rings. The summed E-state index contributed by atoms with van der Waals surface area (Å²) >= 11 is 3.99. The second-order valence-electron chi connectivity index (χ2n) is 2.73. The predicted octanol–water partition coefficient (Wildman–Crippen LogP) is -0.250. The van der Waals surface area contributed by atoms with E-state index < -0.39 is 0 Å². The minimum absolute atomic E-state index is 0.115. The van der Waals surface area contributed by atoms with Crippen molar-refractivity contribution in [1.82, 2.24) is 20.1 Å². The van der Waals surface area contributed by atoms with Crippen LogP contribution < -0.4 is 5.32 Å². The summed E-state index contributed by atoms with van der Waals surface area (Å²) < 4.78 is 1.59. The lowest BCUT2D eigenvalue weighted by molar-refractivity contribution is -0.120. The number of carbonyl (C=O) groups excluding carboxylic acids is 1. The Morgan fingerprint density at radius 1 is 1.85 bits per heavy atom. The fourth-order valence-corrected chi connectivity index (χ4v) is 0.870. The van der Waals surface area contributed by atoms with E-state index in [-0.39, 0.29) is 11.2 Å². The van der Waals surface area contributed by atoms with Gasteiger partial charge in [-0.25, -0.2) is 4.98 Å². The van der Waals surface area contributed by atoms with E-state index in [1.165, 1.54) is 0 Å². The lowest BCUT2D eigenvalue weighted by atomic mass is 10.4. The van der Waals surface area contributed by atoms with E-state index in [4.69, 9.17) is 0 Å². The van der Waals surface area contributed by atoms with Crippen molar-refractivity contribution < 1.29 is 4.79 Å². The van der Waals surface area contributed by atoms with Gasteiger partial charge in [-0.3, -0.25) is 9.48 Å². The van der Waals surface area contributed by atoms with Crippen LogP contribution in [0.15, 0.2) is 6.33 Å². The van der Waals surface area contributed by atoms with Crippen LogP contribution in [0.1, 0.15) is 12.7 Å². The number of rotatable bonds is 3. The van der Waals surface area contributed by atoms with Gasteiger partial charge in [0.1, 0.15) is 6.33 Å². The minimum Gasteiger partial charge on any atom is -0.348 e. The zero-order valence-electron chi connectivity index (χ0n) is 7.56. The van der Waals surface area contributed by atoms with Crippen molar-refractivity contribution >= 4 is 18.5 Å². The van der Waals surface area contributed by atoms with Crippen molar-refractivity contribution in [3.63, 3.8) is 0 Å². The first kappa shape index (κ1) is 10.0. The van der Waals surface area contributed by atoms with Crippen LogP contribution in [0, 0.1) is 0 Å². The Hall–Kier alpha value is -1.04. The summed E-state index contributed by atoms with van der Waals surface area (Å²) in [7, 11) is 1.78. The van der Waals surface area contributed by atoms with Gasteiger partial charge in [-0.05, 0) is 6.92 Å². The summed E-state index contributed by atoms with van der Waals surface area (Å²) in [6.45, 7) is 2.06. The van der Waals surface area contributed by atoms with E-state index in [1.807, 2.05) is 0 Å². The third-order valence-electron chi connectivity index (χ3n) is 1.45. The second-order valence-corrected chi connectivity index (χ2v) is 3.50. The molecular formula is C7H12N4OS. The Morgan fingerprint density at radius 2 is 2.54 bits per heavy atom. The van der Waals surface area contributed by atoms with Gasteiger partial charge >= 0.3 is 0 Å². The van der Waals surface area contributed by atoms with Crippen LogP contribution in [0.2, 0.25) is 0 Å². The monoisotopic (exact) mass is 200 g/mol. The first-order valence-corrected chi connectivity index (χ1v) is 4.41. The molecule has 1 rings (SSSR count). The number of hydrogen-bond donors (Lipinski definition) is 2. The first-order valence-electron chi connectivity index (χ1n) is 3.90. The highest BCUT2D eigenvalue weighted by Crippen LogP contribution is 1.93. The number of amides is 1. The molecule has 1 heterocycles. The molecule has 0 spiro atoms. The maximum Gasteiger partial charge on any atom is 0.232 e. The number of aryl methyl sites for hydroxylation is 1. The average molecular weight is 200 g/mol. The van der Waals surface area contributed by atoms with E-state index in [1.54, 1.807) is 25.0 Å². The molecule has 1 amide bonds. The van der Waals surface area contributed by atoms with Crippen LogP contribution in [0.4, 0.5) is 0 Å². The zero-order chi connectivity index (χ0) is 9.84. The van der Waals surface area contributed by atoms with Crippen LogP contribution in [0.25, 0.3) is 0 Å². The Morgan fingerprint density at radius 3 is 3.00 bits per heavy atom. The molecule has 0 aliphatic carbocycles. The van der Waals surface area contributed by atoms with Crippen molar-refractivity contribution in [2.24, 2.45) is 7.05 Å². The van der Waals surface area contributed by atoms with E-state index in [0.29, 0.717) is 12.4 Å². The quantitative estimate of drug-likeness (QED) is 0.661. The SMILES string of the molecule is CC(S)C(=O)NCc1ncn(C)n1. The fraction of sp³-hybridized carbons (Fsp3) is 0.571. The van der Waals surface area contributed by atoms with Gasteiger partial charge in [-0.2, -0.15) is 17.7 Å². The molecule has 0 fully saturated rings. The number of carbonyl (C=O) groups is 1. The summed E-state index contributed by atoms with van der Waals surface area (Å²) in [6, 6.07) is 0. The van der Waals surface area contributed by atoms with Crippen LogP contribution in [-0.2, 0) is 18.4 Å². The highest BCUT2D eigenvalue weighted by molar-refractivity contribution is 7.81. The predicted molar refractivity (Wildman–Crippen MR) is 51.3 cm³/mol. The van der Waals surface area contributed by atoms with Gasteiger partial charge in [0.05, 0.1) is 11.8 Å². The molecule has 6 heteroatoms. The molecule has 1 atom stereocenters. The van der Waals surface area contributed by atoms with Crippen LogP contribution >= 0.6 is 12.6 Å². The summed E-state index contributed by atoms with van der Waals surface area (Å²) in [5.74, 6) is 0.487. The van der Waals surface area contributed by atoms with Gasteiger partial charge < -0.3 is 5.32 Å². The van der Waals surface area contributed by atoms with Crippen LogP contribution in [0.5, 0.6) is 0 Å². The van der Waals surface area contributed by atoms with Crippen molar-refractivity contribution in [3.8, 4) is 0 Å². The standard InChI is InChI=1S/C7H12N4OS/c1-5(13)7(12)8-3-6-9-4-11(2)10-6/h4-5,13H,3H2,1-2H3,(H,8,12). The molecule has 5 nitrogen and oxygen atoms in total. The average Bonchev–Trinajstić information content (AvgIpc) is 2.47. The van der Waals surface area contributed by atoms with Gasteiger partial charge in [0.25, 0.3) is 0 Å². The van der Waals surface area contributed by atoms with Crippen molar-refractivity contribution in [3.05, 3.63) is 12.2 Å². The van der Waals surface area contributed by atoms with E-state index in [2.05, 4.69) is 28.0 Å². The lowest BCUT2D eigenvalue weighted by Crippen LogP contribution is -2.29. The number of thiol groups is 1. The van der Waals surface area contributed by atoms with Gasteiger partial charge in [0, 0.05) is 7.05 Å². The highest BCUT2D eigenvalue weighted by atomic mass is 32.1. The van der Waals surface area contributed by atoms with Gasteiger partial charge in [0.15, 0.2) is 5.82 Å². The molecule has 13 heavy (non-hydrogen) atoms. The molecule has 1 N–H and O–H groups in total. The number of nitrogens with one attached hydrogen (secondary N) is 1. The molecule has 1 unspecified atom stereocenters. The third kappa shape index (κ3) is 3.06. The van der Waals surface area contributed by atoms with E-state index in [9.17, 15) is 4.79 Å². The summed E-state index contributed by atoms with van der Waals surface area (Å²) in [5, 5.41) is 6.36. The lowest BCUT2D eigenvalue weighted by Gasteiger charge is -2.03. The summed E-state index contributed by atoms with van der Waals surface area (Å²) in [5.41, 5.74) is 0. The fourth-order valence-electron chi connectivity index (χ4n) is 0.779. The third-order valence-corrected chi connectivity index (χ3v) is 1.68. The Bertz CT molecular complexity index is 296. The van der Waals surface area contributed by atoms with Gasteiger partial charge in [-0.15, -0.1) is 0 Å². The number of hydrogen-bond acceptors (Lipinski definition) is 4. The van der Waals surface area contributed by atoms with Crippen molar-refractivity contribution in [1.29, 1.82) is 0 Å². The zero-order valence-corrected chi connectivity index (χ0v) is 8.45. The van der Waals surface area contributed by atoms with Gasteiger partial charge in [0.2, 0.25) is 5.91 Å². The summed E-state index contributed by atoms with van der Waals surface area (Å²) in [4.78, 5) is 15.0. The minimum atomic E-state index is -0.302. The van der Waals surface area contributed by atoms with Gasteiger partial charge in [-0.1, -0.05) is 0 Å². The smallest absolute Gasteiger partial charge is 0.232 e. The number of nitrogens with zero attached hydrogens (tertiary/aromatic N) is 3. The molecule has 0 aliphatic heterocycles. The normalized spacial score (nSPS) is 12.5. The highest BCUT2D eigenvalue weighted by Gasteiger charge is 2.07. The van der Waals surface area contributed by atoms with Crippen LogP contribution in [-0.4, -0.2) is 25.9 Å². The molecule has 1 aromatic rings. The second kappa shape index (κ2) is 4.27. The Labute approximate surface area is 81.9 Å². The van der Waals surface area contributed by atoms with E-state index in [0.717, 1.165) is 0 Å². The number of aromatic nitrogens is 3. The largest absolute Gasteiger partial charge is 0.348 e. The van der Waals surface area contributed by atoms with Crippen molar-refractivity contribution in [2.75, 3.05) is 0 Å². The van der Waals surface area contributed by atoms with Crippen LogP contribution in [0.3, 0.4) is 0 Å². The molecular weight excluding hydrogens is 188 g/mol. The summed E-state index contributed by atoms with van der Waals surface area (Å²) in [6.07, 6.45) is 1.59. The first-order chi connectivity index (χ1) is 6.09. The Kier molecular flexibility index (Phi) is 3.30. The molecule has 72 valence electrons. The van der Waals surface area contributed by atoms with Crippen molar-refractivity contribution in [2.45, 2.75) is 18.7 Å². The molecule has 0 saturated heterocycles. The topological polar surface area (TPSA) is 59.8 Å².